The summed E-state index contributed by atoms with van der Waals surface area (Å²) in [5.41, 5.74) is 5.42. The zero-order valence-corrected chi connectivity index (χ0v) is 5.26. The molecule has 0 aromatic rings. The molecule has 2 nitrogen and oxygen atoms in total. The van der Waals surface area contributed by atoms with Crippen LogP contribution in [-0.4, -0.2) is 19.3 Å². The maximum atomic E-state index is 5.42. The molecule has 2 heteroatoms. The molecule has 1 aliphatic rings. The second-order valence-electron chi connectivity index (χ2n) is 2.28. The minimum absolute atomic E-state index is 0.472. The molecule has 0 aliphatic carbocycles. The summed E-state index contributed by atoms with van der Waals surface area (Å²) in [5.74, 6) is 0.653. The molecule has 0 aromatic carbocycles. The summed E-state index contributed by atoms with van der Waals surface area (Å²) >= 11 is 0. The van der Waals surface area contributed by atoms with Gasteiger partial charge in [-0.3, -0.25) is 0 Å². The second kappa shape index (κ2) is 2.46. The van der Waals surface area contributed by atoms with E-state index in [0.29, 0.717) is 12.0 Å². The minimum Gasteiger partial charge on any atom is -0.377 e. The van der Waals surface area contributed by atoms with E-state index in [2.05, 4.69) is 6.92 Å². The second-order valence-corrected chi connectivity index (χ2v) is 2.28. The molecule has 0 amide bonds. The van der Waals surface area contributed by atoms with E-state index < -0.39 is 0 Å². The average Bonchev–Trinajstić information content (AvgIpc) is 1.66. The Morgan fingerprint density at radius 3 is 2.62 bits per heavy atom. The van der Waals surface area contributed by atoms with Crippen LogP contribution in [0.4, 0.5) is 0 Å². The summed E-state index contributed by atoms with van der Waals surface area (Å²) in [7, 11) is 0. The fraction of sp³-hybridized carbons (Fsp3) is 1.00. The van der Waals surface area contributed by atoms with Gasteiger partial charge in [0.25, 0.3) is 0 Å². The lowest BCUT2D eigenvalue weighted by atomic mass is 9.96. The quantitative estimate of drug-likeness (QED) is 0.564. The molecule has 0 radical (unpaired) electrons. The van der Waals surface area contributed by atoms with Gasteiger partial charge in [0.1, 0.15) is 0 Å². The van der Waals surface area contributed by atoms with Crippen molar-refractivity contribution in [3.63, 3.8) is 0 Å². The number of hydrogen-bond donors (Lipinski definition) is 1. The SMILES string of the molecule is CCC1OCC1CN. The van der Waals surface area contributed by atoms with E-state index in [9.17, 15) is 0 Å². The molecular weight excluding hydrogens is 102 g/mol. The lowest BCUT2D eigenvalue weighted by Crippen LogP contribution is -2.43. The van der Waals surface area contributed by atoms with E-state index in [1.165, 1.54) is 0 Å². The molecule has 1 rings (SSSR count). The first-order valence-corrected chi connectivity index (χ1v) is 3.20. The lowest BCUT2D eigenvalue weighted by molar-refractivity contribution is -0.110. The summed E-state index contributed by atoms with van der Waals surface area (Å²) in [4.78, 5) is 0. The molecule has 48 valence electrons. The van der Waals surface area contributed by atoms with Crippen molar-refractivity contribution in [3.8, 4) is 0 Å². The van der Waals surface area contributed by atoms with Crippen LogP contribution in [-0.2, 0) is 4.74 Å². The maximum Gasteiger partial charge on any atom is 0.0634 e. The molecule has 0 spiro atoms. The fourth-order valence-electron chi connectivity index (χ4n) is 1.04. The predicted molar refractivity (Wildman–Crippen MR) is 32.6 cm³/mol. The number of ether oxygens (including phenoxy) is 1. The van der Waals surface area contributed by atoms with Gasteiger partial charge in [-0.25, -0.2) is 0 Å². The third-order valence-corrected chi connectivity index (χ3v) is 1.76. The molecule has 8 heavy (non-hydrogen) atoms. The molecule has 1 aliphatic heterocycles. The first-order valence-electron chi connectivity index (χ1n) is 3.20. The van der Waals surface area contributed by atoms with Gasteiger partial charge in [0, 0.05) is 5.92 Å². The van der Waals surface area contributed by atoms with Gasteiger partial charge in [0.2, 0.25) is 0 Å². The van der Waals surface area contributed by atoms with Crippen molar-refractivity contribution in [2.24, 2.45) is 11.7 Å². The van der Waals surface area contributed by atoms with Gasteiger partial charge in [-0.2, -0.15) is 0 Å². The van der Waals surface area contributed by atoms with Crippen molar-refractivity contribution in [1.29, 1.82) is 0 Å². The molecular formula is C6H13NO. The Morgan fingerprint density at radius 1 is 1.75 bits per heavy atom. The first kappa shape index (κ1) is 6.05. The van der Waals surface area contributed by atoms with Crippen LogP contribution in [0.2, 0.25) is 0 Å². The third kappa shape index (κ3) is 0.858. The van der Waals surface area contributed by atoms with E-state index >= 15 is 0 Å². The van der Waals surface area contributed by atoms with Crippen LogP contribution in [0.25, 0.3) is 0 Å². The molecule has 1 saturated heterocycles. The van der Waals surface area contributed by atoms with Crippen molar-refractivity contribution >= 4 is 0 Å². The normalized spacial score (nSPS) is 36.8. The highest BCUT2D eigenvalue weighted by molar-refractivity contribution is 4.77. The fourth-order valence-corrected chi connectivity index (χ4v) is 1.04. The number of nitrogens with two attached hydrogens (primary N) is 1. The molecule has 2 unspecified atom stereocenters. The number of rotatable bonds is 2. The zero-order chi connectivity index (χ0) is 5.98. The summed E-state index contributed by atoms with van der Waals surface area (Å²) in [6.07, 6.45) is 1.59. The Hall–Kier alpha value is -0.0800. The Bertz CT molecular complexity index is 60.9. The molecule has 0 saturated carbocycles. The standard InChI is InChI=1S/C6H13NO/c1-2-6-5(3-7)4-8-6/h5-6H,2-4,7H2,1H3. The lowest BCUT2D eigenvalue weighted by Gasteiger charge is -2.35. The molecule has 1 heterocycles. The first-order chi connectivity index (χ1) is 3.88. The van der Waals surface area contributed by atoms with E-state index in [1.54, 1.807) is 0 Å². The molecule has 0 bridgehead atoms. The van der Waals surface area contributed by atoms with Crippen LogP contribution in [0.1, 0.15) is 13.3 Å². The summed E-state index contributed by atoms with van der Waals surface area (Å²) in [5, 5.41) is 0. The Kier molecular flexibility index (Phi) is 1.86. The van der Waals surface area contributed by atoms with Gasteiger partial charge < -0.3 is 10.5 Å². The van der Waals surface area contributed by atoms with E-state index in [1.807, 2.05) is 0 Å². The molecule has 1 fully saturated rings. The van der Waals surface area contributed by atoms with Crippen LogP contribution in [0, 0.1) is 5.92 Å². The van der Waals surface area contributed by atoms with Crippen LogP contribution >= 0.6 is 0 Å². The van der Waals surface area contributed by atoms with Crippen LogP contribution < -0.4 is 5.73 Å². The van der Waals surface area contributed by atoms with E-state index in [-0.39, 0.29) is 0 Å². The largest absolute Gasteiger partial charge is 0.377 e. The van der Waals surface area contributed by atoms with Gasteiger partial charge >= 0.3 is 0 Å². The van der Waals surface area contributed by atoms with Crippen molar-refractivity contribution in [1.82, 2.24) is 0 Å². The zero-order valence-electron chi connectivity index (χ0n) is 5.26. The minimum atomic E-state index is 0.472. The summed E-state index contributed by atoms with van der Waals surface area (Å²) in [6, 6.07) is 0. The van der Waals surface area contributed by atoms with Crippen LogP contribution in [0.5, 0.6) is 0 Å². The highest BCUT2D eigenvalue weighted by Gasteiger charge is 2.28. The highest BCUT2D eigenvalue weighted by atomic mass is 16.5. The van der Waals surface area contributed by atoms with Gasteiger partial charge in [-0.05, 0) is 13.0 Å². The highest BCUT2D eigenvalue weighted by Crippen LogP contribution is 2.21. The molecule has 2 N–H and O–H groups in total. The third-order valence-electron chi connectivity index (χ3n) is 1.76. The Labute approximate surface area is 50.0 Å². The Morgan fingerprint density at radius 2 is 2.50 bits per heavy atom. The predicted octanol–water partition coefficient (Wildman–Crippen LogP) is 0.370. The topological polar surface area (TPSA) is 35.2 Å². The summed E-state index contributed by atoms with van der Waals surface area (Å²) < 4.78 is 5.20. The van der Waals surface area contributed by atoms with Crippen LogP contribution in [0.15, 0.2) is 0 Å². The Balaban J connectivity index is 2.16. The van der Waals surface area contributed by atoms with Gasteiger partial charge in [0.05, 0.1) is 12.7 Å². The van der Waals surface area contributed by atoms with Crippen molar-refractivity contribution < 1.29 is 4.74 Å². The number of hydrogen-bond acceptors (Lipinski definition) is 2. The van der Waals surface area contributed by atoms with Gasteiger partial charge in [-0.15, -0.1) is 0 Å². The van der Waals surface area contributed by atoms with Gasteiger partial charge in [0.15, 0.2) is 0 Å². The smallest absolute Gasteiger partial charge is 0.0634 e. The average molecular weight is 115 g/mol. The van der Waals surface area contributed by atoms with Crippen molar-refractivity contribution in [2.45, 2.75) is 19.4 Å². The van der Waals surface area contributed by atoms with E-state index in [4.69, 9.17) is 10.5 Å². The van der Waals surface area contributed by atoms with Crippen molar-refractivity contribution in [3.05, 3.63) is 0 Å². The van der Waals surface area contributed by atoms with Crippen molar-refractivity contribution in [2.75, 3.05) is 13.2 Å². The van der Waals surface area contributed by atoms with Gasteiger partial charge in [-0.1, -0.05) is 6.92 Å². The molecule has 2 atom stereocenters. The summed E-state index contributed by atoms with van der Waals surface area (Å²) in [6.45, 7) is 3.81. The maximum absolute atomic E-state index is 5.42. The van der Waals surface area contributed by atoms with Crippen LogP contribution in [0.3, 0.4) is 0 Å². The molecule has 0 aromatic heterocycles. The van der Waals surface area contributed by atoms with E-state index in [0.717, 1.165) is 19.6 Å². The monoisotopic (exact) mass is 115 g/mol.